The Kier molecular flexibility index (Phi) is 6.16. The first-order valence-electron chi connectivity index (χ1n) is 8.27. The van der Waals surface area contributed by atoms with E-state index >= 15 is 0 Å². The summed E-state index contributed by atoms with van der Waals surface area (Å²) in [4.78, 5) is 36.0. The van der Waals surface area contributed by atoms with Gasteiger partial charge in [-0.2, -0.15) is 0 Å². The van der Waals surface area contributed by atoms with Crippen LogP contribution < -0.4 is 16.0 Å². The van der Waals surface area contributed by atoms with E-state index in [9.17, 15) is 14.4 Å². The molecule has 0 fully saturated rings. The van der Waals surface area contributed by atoms with Gasteiger partial charge < -0.3 is 20.4 Å². The molecule has 1 aromatic heterocycles. The number of hydrogen-bond acceptors (Lipinski definition) is 4. The number of amides is 3. The number of carbonyl (C=O) groups excluding carboxylic acids is 3. The van der Waals surface area contributed by atoms with Crippen molar-refractivity contribution in [1.29, 1.82) is 0 Å². The molecular weight excluding hydrogens is 334 g/mol. The molecule has 138 valence electrons. The lowest BCUT2D eigenvalue weighted by atomic mass is 10.1. The molecule has 1 heterocycles. The summed E-state index contributed by atoms with van der Waals surface area (Å²) in [6.45, 7) is 7.17. The van der Waals surface area contributed by atoms with Crippen LogP contribution >= 0.6 is 0 Å². The maximum Gasteiger partial charge on any atom is 0.287 e. The number of anilines is 1. The van der Waals surface area contributed by atoms with E-state index < -0.39 is 17.9 Å². The molecule has 2 aromatic rings. The lowest BCUT2D eigenvalue weighted by molar-refractivity contribution is -0.125. The van der Waals surface area contributed by atoms with E-state index in [0.717, 1.165) is 22.4 Å². The smallest absolute Gasteiger partial charge is 0.287 e. The van der Waals surface area contributed by atoms with Crippen molar-refractivity contribution in [2.45, 2.75) is 33.7 Å². The lowest BCUT2D eigenvalue weighted by Gasteiger charge is -2.15. The molecule has 1 atom stereocenters. The van der Waals surface area contributed by atoms with Gasteiger partial charge in [0, 0.05) is 5.69 Å². The van der Waals surface area contributed by atoms with Crippen molar-refractivity contribution in [2.24, 2.45) is 0 Å². The predicted molar refractivity (Wildman–Crippen MR) is 97.9 cm³/mol. The molecule has 0 aliphatic rings. The monoisotopic (exact) mass is 357 g/mol. The van der Waals surface area contributed by atoms with Gasteiger partial charge in [0.2, 0.25) is 11.8 Å². The molecule has 0 saturated carbocycles. The highest BCUT2D eigenvalue weighted by Gasteiger charge is 2.18. The fraction of sp³-hybridized carbons (Fsp3) is 0.316. The van der Waals surface area contributed by atoms with Crippen LogP contribution in [0.2, 0.25) is 0 Å². The molecule has 2 rings (SSSR count). The molecular formula is C19H23N3O4. The van der Waals surface area contributed by atoms with Gasteiger partial charge in [0.05, 0.1) is 12.8 Å². The van der Waals surface area contributed by atoms with Crippen LogP contribution in [0.25, 0.3) is 0 Å². The maximum absolute atomic E-state index is 12.1. The van der Waals surface area contributed by atoms with E-state index in [0.29, 0.717) is 0 Å². The van der Waals surface area contributed by atoms with Crippen molar-refractivity contribution in [1.82, 2.24) is 10.6 Å². The molecule has 3 amide bonds. The van der Waals surface area contributed by atoms with Gasteiger partial charge in [0.1, 0.15) is 6.04 Å². The lowest BCUT2D eigenvalue weighted by Crippen LogP contribution is -2.46. The maximum atomic E-state index is 12.1. The quantitative estimate of drug-likeness (QED) is 0.737. The summed E-state index contributed by atoms with van der Waals surface area (Å²) < 4.78 is 4.96. The molecule has 0 radical (unpaired) electrons. The minimum absolute atomic E-state index is 0.118. The number of aryl methyl sites for hydroxylation is 3. The predicted octanol–water partition coefficient (Wildman–Crippen LogP) is 2.08. The van der Waals surface area contributed by atoms with Gasteiger partial charge in [-0.15, -0.1) is 0 Å². The second kappa shape index (κ2) is 8.33. The topological polar surface area (TPSA) is 100 Å². The van der Waals surface area contributed by atoms with E-state index in [1.807, 2.05) is 32.9 Å². The first kappa shape index (κ1) is 19.2. The third kappa shape index (κ3) is 4.95. The number of furan rings is 1. The average Bonchev–Trinajstić information content (AvgIpc) is 3.10. The van der Waals surface area contributed by atoms with E-state index in [-0.39, 0.29) is 18.2 Å². The second-order valence-corrected chi connectivity index (χ2v) is 6.21. The number of carbonyl (C=O) groups is 3. The molecule has 0 aliphatic carbocycles. The van der Waals surface area contributed by atoms with Crippen LogP contribution in [0.5, 0.6) is 0 Å². The van der Waals surface area contributed by atoms with Gasteiger partial charge in [-0.3, -0.25) is 14.4 Å². The van der Waals surface area contributed by atoms with Crippen LogP contribution in [0.4, 0.5) is 5.69 Å². The molecule has 26 heavy (non-hydrogen) atoms. The van der Waals surface area contributed by atoms with Crippen molar-refractivity contribution >= 4 is 23.4 Å². The van der Waals surface area contributed by atoms with Gasteiger partial charge in [-0.25, -0.2) is 0 Å². The van der Waals surface area contributed by atoms with Crippen molar-refractivity contribution in [3.8, 4) is 0 Å². The first-order chi connectivity index (χ1) is 12.3. The van der Waals surface area contributed by atoms with E-state index in [2.05, 4.69) is 16.0 Å². The highest BCUT2D eigenvalue weighted by Crippen LogP contribution is 2.21. The minimum Gasteiger partial charge on any atom is -0.459 e. The molecule has 0 saturated heterocycles. The Morgan fingerprint density at radius 2 is 1.77 bits per heavy atom. The minimum atomic E-state index is -0.803. The normalized spacial score (nSPS) is 11.5. The highest BCUT2D eigenvalue weighted by atomic mass is 16.3. The Balaban J connectivity index is 1.85. The fourth-order valence-corrected chi connectivity index (χ4v) is 2.62. The van der Waals surface area contributed by atoms with E-state index in [1.165, 1.54) is 19.3 Å². The van der Waals surface area contributed by atoms with Crippen LogP contribution in [-0.2, 0) is 9.59 Å². The van der Waals surface area contributed by atoms with E-state index in [1.54, 1.807) is 6.07 Å². The van der Waals surface area contributed by atoms with Crippen molar-refractivity contribution < 1.29 is 18.8 Å². The van der Waals surface area contributed by atoms with Gasteiger partial charge in [-0.1, -0.05) is 17.7 Å². The molecule has 1 unspecified atom stereocenters. The molecule has 0 aliphatic heterocycles. The molecule has 1 aromatic carbocycles. The van der Waals surface area contributed by atoms with Crippen molar-refractivity contribution in [3.05, 3.63) is 53.0 Å². The van der Waals surface area contributed by atoms with E-state index in [4.69, 9.17) is 4.42 Å². The van der Waals surface area contributed by atoms with Crippen LogP contribution in [-0.4, -0.2) is 30.3 Å². The zero-order chi connectivity index (χ0) is 19.3. The van der Waals surface area contributed by atoms with Crippen LogP contribution in [0.3, 0.4) is 0 Å². The molecule has 0 spiro atoms. The van der Waals surface area contributed by atoms with Crippen LogP contribution in [0.15, 0.2) is 34.9 Å². The Labute approximate surface area is 152 Å². The van der Waals surface area contributed by atoms with Crippen LogP contribution in [0.1, 0.15) is 34.2 Å². The Hall–Kier alpha value is -3.09. The third-order valence-electron chi connectivity index (χ3n) is 3.85. The molecule has 7 nitrogen and oxygen atoms in total. The number of rotatable bonds is 6. The summed E-state index contributed by atoms with van der Waals surface area (Å²) >= 11 is 0. The molecule has 7 heteroatoms. The molecule has 0 bridgehead atoms. The number of nitrogens with one attached hydrogen (secondary N) is 3. The fourth-order valence-electron chi connectivity index (χ4n) is 2.62. The Morgan fingerprint density at radius 1 is 1.12 bits per heavy atom. The largest absolute Gasteiger partial charge is 0.459 e. The third-order valence-corrected chi connectivity index (χ3v) is 3.85. The summed E-state index contributed by atoms with van der Waals surface area (Å²) in [5.74, 6) is -1.17. The van der Waals surface area contributed by atoms with Crippen LogP contribution in [0, 0.1) is 20.8 Å². The van der Waals surface area contributed by atoms with Crippen molar-refractivity contribution in [2.75, 3.05) is 11.9 Å². The van der Waals surface area contributed by atoms with Gasteiger partial charge in [0.15, 0.2) is 5.76 Å². The standard InChI is InChI=1S/C19H23N3O4/c1-11-8-12(2)17(13(3)9-11)22-16(23)10-20-18(24)14(4)21-19(25)15-6-5-7-26-15/h5-9,14H,10H2,1-4H3,(H,20,24)(H,21,25)(H,22,23). The summed E-state index contributed by atoms with van der Waals surface area (Å²) in [7, 11) is 0. The van der Waals surface area contributed by atoms with Gasteiger partial charge >= 0.3 is 0 Å². The zero-order valence-electron chi connectivity index (χ0n) is 15.3. The highest BCUT2D eigenvalue weighted by molar-refractivity contribution is 5.98. The Bertz CT molecular complexity index is 789. The number of benzene rings is 1. The Morgan fingerprint density at radius 3 is 2.35 bits per heavy atom. The second-order valence-electron chi connectivity index (χ2n) is 6.21. The zero-order valence-corrected chi connectivity index (χ0v) is 15.3. The summed E-state index contributed by atoms with van der Waals surface area (Å²) in [6, 6.07) is 6.24. The van der Waals surface area contributed by atoms with Gasteiger partial charge in [-0.05, 0) is 51.0 Å². The summed E-state index contributed by atoms with van der Waals surface area (Å²) in [6.07, 6.45) is 1.37. The molecule has 3 N–H and O–H groups in total. The first-order valence-corrected chi connectivity index (χ1v) is 8.27. The summed E-state index contributed by atoms with van der Waals surface area (Å²) in [5, 5.41) is 7.82. The average molecular weight is 357 g/mol. The number of hydrogen-bond donors (Lipinski definition) is 3. The van der Waals surface area contributed by atoms with Crippen molar-refractivity contribution in [3.63, 3.8) is 0 Å². The summed E-state index contributed by atoms with van der Waals surface area (Å²) in [5.41, 5.74) is 3.78. The SMILES string of the molecule is Cc1cc(C)c(NC(=O)CNC(=O)C(C)NC(=O)c2ccco2)c(C)c1. The van der Waals surface area contributed by atoms with Gasteiger partial charge in [0.25, 0.3) is 5.91 Å².